The Balaban J connectivity index is 1.54. The number of hydrogen-bond acceptors (Lipinski definition) is 7. The minimum Gasteiger partial charge on any atom is -0.428 e. The molecule has 2 amide bonds. The summed E-state index contributed by atoms with van der Waals surface area (Å²) in [6.07, 6.45) is -1.17. The van der Waals surface area contributed by atoms with Gasteiger partial charge >= 0.3 is 18.7 Å². The van der Waals surface area contributed by atoms with Gasteiger partial charge in [-0.1, -0.05) is 11.6 Å². The second-order valence-corrected chi connectivity index (χ2v) is 10.1. The van der Waals surface area contributed by atoms with Crippen LogP contribution in [-0.4, -0.2) is 59.6 Å². The SMILES string of the molecule is Cn1nc(C(F)(F)C(F)(F)F)c(OC(F)F)c1-n1cc(-c2cnc(Cl)c(C(=O)N(C(=O)C3CC3)C3(C#N)CC3)c2)cn1. The van der Waals surface area contributed by atoms with Gasteiger partial charge in [-0.15, -0.1) is 0 Å². The molecule has 0 bridgehead atoms. The van der Waals surface area contributed by atoms with Crippen LogP contribution in [0.2, 0.25) is 5.15 Å². The number of halogens is 8. The molecular formula is C24H17ClF7N7O3. The molecule has 3 aromatic heterocycles. The maximum absolute atomic E-state index is 14.1. The standard InChI is InChI=1S/C24H17ClF7N7O3/c1-37-18(15(42-21(26)27)16(36-37)23(28,29)24(30,31)32)38-9-13(8-35-38)12-6-14(17(25)34-7-12)20(41)39(19(40)11-2-3-11)22(10-33)4-5-22/h6-9,11,21H,2-5H2,1H3. The highest BCUT2D eigenvalue weighted by Crippen LogP contribution is 2.49. The Morgan fingerprint density at radius 3 is 2.40 bits per heavy atom. The van der Waals surface area contributed by atoms with Crippen LogP contribution in [0.25, 0.3) is 16.9 Å². The lowest BCUT2D eigenvalue weighted by atomic mass is 10.1. The number of carbonyl (C=O) groups excluding carboxylic acids is 2. The molecule has 0 aliphatic heterocycles. The number of aryl methyl sites for hydroxylation is 1. The van der Waals surface area contributed by atoms with Crippen molar-refractivity contribution in [2.45, 2.75) is 49.9 Å². The number of imide groups is 1. The number of hydrogen-bond donors (Lipinski definition) is 0. The van der Waals surface area contributed by atoms with Gasteiger partial charge in [0.05, 0.1) is 17.8 Å². The van der Waals surface area contributed by atoms with Gasteiger partial charge in [0, 0.05) is 36.5 Å². The number of nitrogens with zero attached hydrogens (tertiary/aromatic N) is 7. The first-order chi connectivity index (χ1) is 19.6. The summed E-state index contributed by atoms with van der Waals surface area (Å²) in [5.41, 5.74) is -3.45. The van der Waals surface area contributed by atoms with E-state index in [9.17, 15) is 45.6 Å². The highest BCUT2D eigenvalue weighted by molar-refractivity contribution is 6.33. The molecule has 18 heteroatoms. The van der Waals surface area contributed by atoms with Crippen LogP contribution < -0.4 is 4.74 Å². The first-order valence-corrected chi connectivity index (χ1v) is 12.5. The van der Waals surface area contributed by atoms with Crippen molar-refractivity contribution in [1.29, 1.82) is 5.26 Å². The van der Waals surface area contributed by atoms with Gasteiger partial charge in [0.25, 0.3) is 5.91 Å². The fourth-order valence-electron chi connectivity index (χ4n) is 4.27. The molecule has 2 fully saturated rings. The van der Waals surface area contributed by atoms with Crippen LogP contribution in [0.1, 0.15) is 41.7 Å². The van der Waals surface area contributed by atoms with E-state index in [2.05, 4.69) is 19.9 Å². The van der Waals surface area contributed by atoms with E-state index >= 15 is 0 Å². The average Bonchev–Trinajstić information content (AvgIpc) is 3.83. The topological polar surface area (TPSA) is 119 Å². The van der Waals surface area contributed by atoms with E-state index in [1.807, 2.05) is 6.07 Å². The lowest BCUT2D eigenvalue weighted by Crippen LogP contribution is -2.46. The molecule has 0 radical (unpaired) electrons. The summed E-state index contributed by atoms with van der Waals surface area (Å²) in [6, 6.07) is 3.23. The van der Waals surface area contributed by atoms with Gasteiger partial charge < -0.3 is 4.74 Å². The molecule has 2 saturated carbocycles. The van der Waals surface area contributed by atoms with Gasteiger partial charge in [-0.3, -0.25) is 14.5 Å². The summed E-state index contributed by atoms with van der Waals surface area (Å²) in [5.74, 6) is -9.77. The lowest BCUT2D eigenvalue weighted by Gasteiger charge is -2.25. The number of pyridine rings is 1. The molecule has 10 nitrogen and oxygen atoms in total. The average molecular weight is 620 g/mol. The number of ether oxygens (including phenoxy) is 1. The van der Waals surface area contributed by atoms with E-state index in [4.69, 9.17) is 11.6 Å². The van der Waals surface area contributed by atoms with Crippen molar-refractivity contribution in [3.63, 3.8) is 0 Å². The van der Waals surface area contributed by atoms with E-state index in [0.717, 1.165) is 24.3 Å². The van der Waals surface area contributed by atoms with Crippen LogP contribution in [0.3, 0.4) is 0 Å². The van der Waals surface area contributed by atoms with Crippen molar-refractivity contribution in [3.8, 4) is 28.8 Å². The molecule has 5 rings (SSSR count). The number of amides is 2. The summed E-state index contributed by atoms with van der Waals surface area (Å²) in [5, 5.41) is 16.3. The fraction of sp³-hybridized carbons (Fsp3) is 0.417. The smallest absolute Gasteiger partial charge is 0.428 e. The lowest BCUT2D eigenvalue weighted by molar-refractivity contribution is -0.291. The van der Waals surface area contributed by atoms with Gasteiger partial charge in [0.15, 0.2) is 17.3 Å². The van der Waals surface area contributed by atoms with E-state index < -0.39 is 59.2 Å². The van der Waals surface area contributed by atoms with Gasteiger partial charge in [0.1, 0.15) is 10.7 Å². The minimum atomic E-state index is -6.18. The zero-order valence-corrected chi connectivity index (χ0v) is 21.9. The third-order valence-corrected chi connectivity index (χ3v) is 7.05. The molecule has 0 saturated heterocycles. The number of rotatable bonds is 8. The van der Waals surface area contributed by atoms with Crippen molar-refractivity contribution in [2.24, 2.45) is 13.0 Å². The van der Waals surface area contributed by atoms with Gasteiger partial charge in [0.2, 0.25) is 5.91 Å². The Kier molecular flexibility index (Phi) is 6.95. The van der Waals surface area contributed by atoms with Crippen molar-refractivity contribution < 1.29 is 45.1 Å². The summed E-state index contributed by atoms with van der Waals surface area (Å²) in [7, 11) is 0.917. The minimum absolute atomic E-state index is 0.0861. The van der Waals surface area contributed by atoms with Crippen molar-refractivity contribution >= 4 is 23.4 Å². The Hall–Kier alpha value is -4.20. The second kappa shape index (κ2) is 9.96. The van der Waals surface area contributed by atoms with Crippen LogP contribution in [0.15, 0.2) is 24.7 Å². The van der Waals surface area contributed by atoms with Gasteiger partial charge in [-0.05, 0) is 31.7 Å². The van der Waals surface area contributed by atoms with Gasteiger partial charge in [-0.25, -0.2) is 14.3 Å². The van der Waals surface area contributed by atoms with Crippen molar-refractivity contribution in [1.82, 2.24) is 29.4 Å². The normalized spacial score (nSPS) is 16.3. The van der Waals surface area contributed by atoms with E-state index in [-0.39, 0.29) is 34.7 Å². The molecule has 0 N–H and O–H groups in total. The van der Waals surface area contributed by atoms with Crippen LogP contribution in [0, 0.1) is 17.2 Å². The highest BCUT2D eigenvalue weighted by Gasteiger charge is 2.63. The largest absolute Gasteiger partial charge is 0.459 e. The van der Waals surface area contributed by atoms with Gasteiger partial charge in [-0.2, -0.15) is 46.2 Å². The molecule has 3 heterocycles. The first kappa shape index (κ1) is 29.3. The summed E-state index contributed by atoms with van der Waals surface area (Å²) in [4.78, 5) is 31.3. The Morgan fingerprint density at radius 2 is 1.86 bits per heavy atom. The Bertz CT molecular complexity index is 1620. The van der Waals surface area contributed by atoms with E-state index in [1.54, 1.807) is 0 Å². The van der Waals surface area contributed by atoms with E-state index in [1.165, 1.54) is 12.3 Å². The zero-order chi connectivity index (χ0) is 30.8. The molecule has 42 heavy (non-hydrogen) atoms. The highest BCUT2D eigenvalue weighted by atomic mass is 35.5. The zero-order valence-electron chi connectivity index (χ0n) is 21.2. The maximum Gasteiger partial charge on any atom is 0.459 e. The predicted molar refractivity (Wildman–Crippen MR) is 127 cm³/mol. The third-order valence-electron chi connectivity index (χ3n) is 6.75. The summed E-state index contributed by atoms with van der Waals surface area (Å²) >= 11 is 6.17. The first-order valence-electron chi connectivity index (χ1n) is 12.1. The van der Waals surface area contributed by atoms with Crippen molar-refractivity contribution in [2.75, 3.05) is 0 Å². The van der Waals surface area contributed by atoms with Crippen molar-refractivity contribution in [3.05, 3.63) is 41.1 Å². The number of carbonyl (C=O) groups is 2. The second-order valence-electron chi connectivity index (χ2n) is 9.71. The molecule has 0 spiro atoms. The quantitative estimate of drug-likeness (QED) is 0.198. The number of alkyl halides is 7. The van der Waals surface area contributed by atoms with Crippen LogP contribution in [0.4, 0.5) is 30.7 Å². The molecule has 2 aliphatic rings. The molecule has 0 aromatic carbocycles. The Labute approximate surface area is 236 Å². The summed E-state index contributed by atoms with van der Waals surface area (Å²) < 4.78 is 98.8. The number of nitriles is 1. The monoisotopic (exact) mass is 619 g/mol. The third kappa shape index (κ3) is 4.93. The molecule has 2 aliphatic carbocycles. The molecular weight excluding hydrogens is 603 g/mol. The van der Waals surface area contributed by atoms with Crippen LogP contribution in [-0.2, 0) is 17.8 Å². The predicted octanol–water partition coefficient (Wildman–Crippen LogP) is 5.01. The number of aromatic nitrogens is 5. The van der Waals surface area contributed by atoms with Crippen LogP contribution >= 0.6 is 11.6 Å². The molecule has 3 aromatic rings. The molecule has 0 atom stereocenters. The van der Waals surface area contributed by atoms with Crippen LogP contribution in [0.5, 0.6) is 5.75 Å². The summed E-state index contributed by atoms with van der Waals surface area (Å²) in [6.45, 7) is -3.79. The maximum atomic E-state index is 14.1. The fourth-order valence-corrected chi connectivity index (χ4v) is 4.46. The molecule has 222 valence electrons. The van der Waals surface area contributed by atoms with E-state index in [0.29, 0.717) is 22.2 Å². The Morgan fingerprint density at radius 1 is 1.19 bits per heavy atom. The molecule has 0 unspecified atom stereocenters.